The van der Waals surface area contributed by atoms with Crippen LogP contribution in [-0.4, -0.2) is 41.8 Å². The van der Waals surface area contributed by atoms with Gasteiger partial charge in [-0.1, -0.05) is 13.3 Å². The van der Waals surface area contributed by atoms with Gasteiger partial charge in [0.1, 0.15) is 0 Å². The van der Waals surface area contributed by atoms with Crippen LogP contribution in [0.4, 0.5) is 11.9 Å². The summed E-state index contributed by atoms with van der Waals surface area (Å²) in [6.07, 6.45) is 2.21. The monoisotopic (exact) mass is 241 g/mol. The Bertz CT molecular complexity index is 334. The normalized spacial score (nSPS) is 10.2. The number of unbranched alkanes of at least 4 members (excludes halogenated alkanes) is 1. The van der Waals surface area contributed by atoms with Crippen molar-refractivity contribution < 1.29 is 9.47 Å². The lowest BCUT2D eigenvalue weighted by atomic mass is 10.4. The average molecular weight is 241 g/mol. The molecule has 0 aliphatic rings. The zero-order valence-electron chi connectivity index (χ0n) is 10.3. The zero-order chi connectivity index (χ0) is 12.5. The van der Waals surface area contributed by atoms with Crippen LogP contribution in [0.5, 0.6) is 6.01 Å². The first-order chi connectivity index (χ1) is 8.26. The SMILES string of the molecule is CCCCOCCNc1nc(N)nc(OC)n1. The summed E-state index contributed by atoms with van der Waals surface area (Å²) in [6.45, 7) is 4.13. The second-order valence-electron chi connectivity index (χ2n) is 3.40. The van der Waals surface area contributed by atoms with E-state index in [4.69, 9.17) is 15.2 Å². The maximum Gasteiger partial charge on any atom is 0.322 e. The number of nitrogens with zero attached hydrogens (tertiary/aromatic N) is 3. The summed E-state index contributed by atoms with van der Waals surface area (Å²) in [4.78, 5) is 11.7. The van der Waals surface area contributed by atoms with Gasteiger partial charge in [-0.05, 0) is 6.42 Å². The van der Waals surface area contributed by atoms with Crippen LogP contribution in [-0.2, 0) is 4.74 Å². The van der Waals surface area contributed by atoms with E-state index in [9.17, 15) is 0 Å². The van der Waals surface area contributed by atoms with Crippen molar-refractivity contribution in [3.63, 3.8) is 0 Å². The largest absolute Gasteiger partial charge is 0.467 e. The standard InChI is InChI=1S/C10H19N5O2/c1-3-4-6-17-7-5-12-9-13-8(11)14-10(15-9)16-2/h3-7H2,1-2H3,(H3,11,12,13,14,15). The first-order valence-corrected chi connectivity index (χ1v) is 5.63. The molecule has 0 bridgehead atoms. The fourth-order valence-electron chi connectivity index (χ4n) is 1.13. The summed E-state index contributed by atoms with van der Waals surface area (Å²) < 4.78 is 10.3. The van der Waals surface area contributed by atoms with Crippen molar-refractivity contribution in [2.24, 2.45) is 0 Å². The van der Waals surface area contributed by atoms with Gasteiger partial charge in [-0.15, -0.1) is 0 Å². The molecule has 0 amide bonds. The van der Waals surface area contributed by atoms with Crippen LogP contribution in [0.2, 0.25) is 0 Å². The molecule has 17 heavy (non-hydrogen) atoms. The zero-order valence-corrected chi connectivity index (χ0v) is 10.3. The fraction of sp³-hybridized carbons (Fsp3) is 0.700. The highest BCUT2D eigenvalue weighted by Gasteiger charge is 2.03. The third kappa shape index (κ3) is 5.30. The number of aromatic nitrogens is 3. The Morgan fingerprint density at radius 1 is 1.24 bits per heavy atom. The van der Waals surface area contributed by atoms with Gasteiger partial charge in [0.25, 0.3) is 0 Å². The number of ether oxygens (including phenoxy) is 2. The van der Waals surface area contributed by atoms with Gasteiger partial charge in [-0.3, -0.25) is 0 Å². The number of methoxy groups -OCH3 is 1. The summed E-state index contributed by atoms with van der Waals surface area (Å²) >= 11 is 0. The van der Waals surface area contributed by atoms with Gasteiger partial charge in [0.05, 0.1) is 13.7 Å². The van der Waals surface area contributed by atoms with Gasteiger partial charge in [-0.2, -0.15) is 15.0 Å². The third-order valence-electron chi connectivity index (χ3n) is 1.99. The highest BCUT2D eigenvalue weighted by Crippen LogP contribution is 2.07. The van der Waals surface area contributed by atoms with Crippen LogP contribution in [0.15, 0.2) is 0 Å². The van der Waals surface area contributed by atoms with E-state index in [1.54, 1.807) is 0 Å². The van der Waals surface area contributed by atoms with E-state index in [0.717, 1.165) is 19.4 Å². The van der Waals surface area contributed by atoms with E-state index >= 15 is 0 Å². The molecule has 96 valence electrons. The molecule has 0 spiro atoms. The van der Waals surface area contributed by atoms with Crippen LogP contribution < -0.4 is 15.8 Å². The molecular weight excluding hydrogens is 222 g/mol. The molecule has 1 heterocycles. The number of nitrogens with two attached hydrogens (primary N) is 1. The predicted octanol–water partition coefficient (Wildman–Crippen LogP) is 0.691. The number of hydrogen-bond donors (Lipinski definition) is 2. The number of rotatable bonds is 8. The Kier molecular flexibility index (Phi) is 6.02. The Hall–Kier alpha value is -1.63. The Morgan fingerprint density at radius 3 is 2.76 bits per heavy atom. The van der Waals surface area contributed by atoms with Crippen molar-refractivity contribution >= 4 is 11.9 Å². The highest BCUT2D eigenvalue weighted by atomic mass is 16.5. The smallest absolute Gasteiger partial charge is 0.322 e. The van der Waals surface area contributed by atoms with E-state index in [-0.39, 0.29) is 12.0 Å². The minimum Gasteiger partial charge on any atom is -0.467 e. The van der Waals surface area contributed by atoms with Crippen LogP contribution in [0.3, 0.4) is 0 Å². The molecule has 1 rings (SSSR count). The van der Waals surface area contributed by atoms with Crippen molar-refractivity contribution in [1.29, 1.82) is 0 Å². The fourth-order valence-corrected chi connectivity index (χ4v) is 1.13. The number of nitrogens with one attached hydrogen (secondary N) is 1. The van der Waals surface area contributed by atoms with Gasteiger partial charge in [0, 0.05) is 13.2 Å². The summed E-state index contributed by atoms with van der Waals surface area (Å²) in [7, 11) is 1.48. The molecular formula is C10H19N5O2. The van der Waals surface area contributed by atoms with E-state index in [2.05, 4.69) is 27.2 Å². The number of nitrogen functional groups attached to an aromatic ring is 1. The molecule has 0 fully saturated rings. The molecule has 7 nitrogen and oxygen atoms in total. The summed E-state index contributed by atoms with van der Waals surface area (Å²) in [5.41, 5.74) is 5.49. The van der Waals surface area contributed by atoms with Crippen LogP contribution in [0, 0.1) is 0 Å². The molecule has 0 aliphatic carbocycles. The predicted molar refractivity (Wildman–Crippen MR) is 65.0 cm³/mol. The lowest BCUT2D eigenvalue weighted by molar-refractivity contribution is 0.141. The maximum absolute atomic E-state index is 5.49. The molecule has 0 atom stereocenters. The maximum atomic E-state index is 5.49. The highest BCUT2D eigenvalue weighted by molar-refractivity contribution is 5.32. The second-order valence-corrected chi connectivity index (χ2v) is 3.40. The average Bonchev–Trinajstić information content (AvgIpc) is 2.33. The summed E-state index contributed by atoms with van der Waals surface area (Å²) in [6, 6.07) is 0.201. The molecule has 1 aromatic heterocycles. The van der Waals surface area contributed by atoms with Crippen LogP contribution >= 0.6 is 0 Å². The molecule has 0 aliphatic heterocycles. The minimum atomic E-state index is 0.131. The van der Waals surface area contributed by atoms with Gasteiger partial charge in [-0.25, -0.2) is 0 Å². The Balaban J connectivity index is 2.28. The minimum absolute atomic E-state index is 0.131. The van der Waals surface area contributed by atoms with E-state index < -0.39 is 0 Å². The summed E-state index contributed by atoms with van der Waals surface area (Å²) in [5.74, 6) is 0.527. The molecule has 1 aromatic rings. The first kappa shape index (κ1) is 13.4. The van der Waals surface area contributed by atoms with Crippen molar-refractivity contribution in [2.75, 3.05) is 37.9 Å². The third-order valence-corrected chi connectivity index (χ3v) is 1.99. The lowest BCUT2D eigenvalue weighted by Crippen LogP contribution is -2.13. The molecule has 3 N–H and O–H groups in total. The van der Waals surface area contributed by atoms with Gasteiger partial charge in [0.15, 0.2) is 0 Å². The van der Waals surface area contributed by atoms with Crippen molar-refractivity contribution in [1.82, 2.24) is 15.0 Å². The topological polar surface area (TPSA) is 95.2 Å². The molecule has 0 saturated heterocycles. The molecule has 0 saturated carbocycles. The Morgan fingerprint density at radius 2 is 2.06 bits per heavy atom. The first-order valence-electron chi connectivity index (χ1n) is 5.63. The van der Waals surface area contributed by atoms with Gasteiger partial charge in [0.2, 0.25) is 11.9 Å². The number of anilines is 2. The number of hydrogen-bond acceptors (Lipinski definition) is 7. The molecule has 7 heteroatoms. The van der Waals surface area contributed by atoms with Crippen molar-refractivity contribution in [2.45, 2.75) is 19.8 Å². The molecule has 0 aromatic carbocycles. The van der Waals surface area contributed by atoms with Crippen LogP contribution in [0.1, 0.15) is 19.8 Å². The van der Waals surface area contributed by atoms with E-state index in [1.807, 2.05) is 0 Å². The lowest BCUT2D eigenvalue weighted by Gasteiger charge is -2.06. The summed E-state index contributed by atoms with van der Waals surface area (Å²) in [5, 5.41) is 2.99. The Labute approximate surface area is 101 Å². The van der Waals surface area contributed by atoms with E-state index in [1.165, 1.54) is 7.11 Å². The second kappa shape index (κ2) is 7.61. The molecule has 0 unspecified atom stereocenters. The van der Waals surface area contributed by atoms with Crippen molar-refractivity contribution in [3.8, 4) is 6.01 Å². The van der Waals surface area contributed by atoms with Crippen LogP contribution in [0.25, 0.3) is 0 Å². The van der Waals surface area contributed by atoms with Gasteiger partial charge < -0.3 is 20.5 Å². The quantitative estimate of drug-likeness (QED) is 0.646. The molecule has 0 radical (unpaired) electrons. The van der Waals surface area contributed by atoms with E-state index in [0.29, 0.717) is 19.1 Å². The van der Waals surface area contributed by atoms with Crippen molar-refractivity contribution in [3.05, 3.63) is 0 Å². The van der Waals surface area contributed by atoms with Gasteiger partial charge >= 0.3 is 6.01 Å².